The van der Waals surface area contributed by atoms with E-state index in [1.807, 2.05) is 0 Å². The molecule has 12 nitrogen and oxygen atoms in total. The third-order valence-corrected chi connectivity index (χ3v) is 6.66. The van der Waals surface area contributed by atoms with E-state index in [1.165, 1.54) is 36.0 Å². The number of nitrogens with zero attached hydrogens (tertiary/aromatic N) is 2. The van der Waals surface area contributed by atoms with Gasteiger partial charge in [-0.15, -0.1) is 0 Å². The predicted molar refractivity (Wildman–Crippen MR) is 151 cm³/mol. The molecule has 0 fully saturated rings. The summed E-state index contributed by atoms with van der Waals surface area (Å²) in [5, 5.41) is 8.10. The largest absolute Gasteiger partial charge is 0.383 e. The highest BCUT2D eigenvalue weighted by Crippen LogP contribution is 2.15. The fourth-order valence-corrected chi connectivity index (χ4v) is 4.60. The van der Waals surface area contributed by atoms with E-state index >= 15 is 0 Å². The molecule has 0 saturated carbocycles. The van der Waals surface area contributed by atoms with Crippen molar-refractivity contribution in [3.63, 3.8) is 0 Å². The lowest BCUT2D eigenvalue weighted by molar-refractivity contribution is -0.121. The van der Waals surface area contributed by atoms with Crippen LogP contribution in [0.3, 0.4) is 0 Å². The molecule has 0 atom stereocenters. The smallest absolute Gasteiger partial charge is 0.306 e. The second kappa shape index (κ2) is 14.6. The number of benzene rings is 2. The maximum atomic E-state index is 12.0. The van der Waals surface area contributed by atoms with E-state index in [1.54, 1.807) is 38.1 Å². The van der Waals surface area contributed by atoms with Gasteiger partial charge in [-0.3, -0.25) is 9.59 Å². The van der Waals surface area contributed by atoms with Crippen molar-refractivity contribution in [3.8, 4) is 11.5 Å². The van der Waals surface area contributed by atoms with Crippen LogP contribution in [0.5, 0.6) is 11.5 Å². The standard InChI is InChI=1S/C24H30N4O8S3/c1-17(19-5-9-21(10-6-19)35-38(3,31)32)25-27-23(29)13-15-37-16-14-24(30)28-26-18(2)20-7-11-22(12-8-20)36-39(4,33)34/h5-12H,13-16H2,1-4H3,(H,27,29)(H,28,30). The Balaban J connectivity index is 1.67. The maximum Gasteiger partial charge on any atom is 0.306 e. The van der Waals surface area contributed by atoms with Gasteiger partial charge in [0.15, 0.2) is 0 Å². The predicted octanol–water partition coefficient (Wildman–Crippen LogP) is 2.26. The van der Waals surface area contributed by atoms with Crippen molar-refractivity contribution in [3.05, 3.63) is 59.7 Å². The Morgan fingerprint density at radius 3 is 1.33 bits per heavy atom. The summed E-state index contributed by atoms with van der Waals surface area (Å²) in [4.78, 5) is 24.1. The van der Waals surface area contributed by atoms with E-state index < -0.39 is 20.2 Å². The molecule has 2 amide bonds. The molecule has 0 aliphatic carbocycles. The molecular formula is C24H30N4O8S3. The Bertz CT molecular complexity index is 1310. The first kappa shape index (κ1) is 31.8. The second-order valence-electron chi connectivity index (χ2n) is 8.20. The summed E-state index contributed by atoms with van der Waals surface area (Å²) in [5.74, 6) is 0.789. The number of hydrogen-bond donors (Lipinski definition) is 2. The van der Waals surface area contributed by atoms with E-state index in [9.17, 15) is 26.4 Å². The summed E-state index contributed by atoms with van der Waals surface area (Å²) >= 11 is 1.44. The minimum Gasteiger partial charge on any atom is -0.383 e. The second-order valence-corrected chi connectivity index (χ2v) is 12.6. The highest BCUT2D eigenvalue weighted by molar-refractivity contribution is 7.99. The third kappa shape index (κ3) is 13.3. The number of thioether (sulfide) groups is 1. The van der Waals surface area contributed by atoms with Gasteiger partial charge in [0.2, 0.25) is 11.8 Å². The van der Waals surface area contributed by atoms with Gasteiger partial charge in [0, 0.05) is 24.3 Å². The molecule has 2 rings (SSSR count). The van der Waals surface area contributed by atoms with Crippen molar-refractivity contribution in [1.29, 1.82) is 0 Å². The summed E-state index contributed by atoms with van der Waals surface area (Å²) in [6.45, 7) is 3.40. The first-order valence-corrected chi connectivity index (χ1v) is 16.2. The summed E-state index contributed by atoms with van der Waals surface area (Å²) in [7, 11) is -7.21. The molecule has 0 radical (unpaired) electrons. The number of hydrazone groups is 2. The van der Waals surface area contributed by atoms with Gasteiger partial charge in [0.1, 0.15) is 11.5 Å². The molecule has 0 aromatic heterocycles. The lowest BCUT2D eigenvalue weighted by atomic mass is 10.1. The van der Waals surface area contributed by atoms with E-state index in [0.29, 0.717) is 34.1 Å². The van der Waals surface area contributed by atoms with Crippen molar-refractivity contribution in [2.45, 2.75) is 26.7 Å². The van der Waals surface area contributed by atoms with Crippen LogP contribution in [-0.4, -0.2) is 64.1 Å². The zero-order valence-electron chi connectivity index (χ0n) is 21.8. The molecule has 212 valence electrons. The maximum absolute atomic E-state index is 12.0. The Morgan fingerprint density at radius 1 is 0.692 bits per heavy atom. The molecule has 0 spiro atoms. The normalized spacial score (nSPS) is 12.5. The van der Waals surface area contributed by atoms with Crippen molar-refractivity contribution >= 4 is 55.2 Å². The van der Waals surface area contributed by atoms with E-state index in [0.717, 1.165) is 12.5 Å². The molecule has 39 heavy (non-hydrogen) atoms. The van der Waals surface area contributed by atoms with Gasteiger partial charge in [-0.2, -0.15) is 38.8 Å². The molecule has 0 saturated heterocycles. The lowest BCUT2D eigenvalue weighted by Gasteiger charge is -2.06. The topological polar surface area (TPSA) is 170 Å². The number of rotatable bonds is 14. The number of hydrogen-bond acceptors (Lipinski definition) is 11. The summed E-state index contributed by atoms with van der Waals surface area (Å²) in [6, 6.07) is 12.5. The number of carbonyl (C=O) groups excluding carboxylic acids is 2. The zero-order valence-corrected chi connectivity index (χ0v) is 24.3. The molecule has 2 N–H and O–H groups in total. The van der Waals surface area contributed by atoms with Gasteiger partial charge in [0.25, 0.3) is 0 Å². The monoisotopic (exact) mass is 598 g/mol. The molecule has 0 heterocycles. The van der Waals surface area contributed by atoms with Crippen LogP contribution in [0.4, 0.5) is 0 Å². The average Bonchev–Trinajstić information content (AvgIpc) is 2.84. The van der Waals surface area contributed by atoms with Gasteiger partial charge in [-0.1, -0.05) is 0 Å². The van der Waals surface area contributed by atoms with Gasteiger partial charge in [-0.05, 0) is 73.5 Å². The number of carbonyl (C=O) groups is 2. The Kier molecular flexibility index (Phi) is 11.9. The number of amides is 2. The van der Waals surface area contributed by atoms with Crippen molar-refractivity contribution in [2.75, 3.05) is 24.0 Å². The molecule has 2 aromatic carbocycles. The van der Waals surface area contributed by atoms with Crippen LogP contribution in [0.15, 0.2) is 58.7 Å². The molecular weight excluding hydrogens is 568 g/mol. The van der Waals surface area contributed by atoms with Gasteiger partial charge in [0.05, 0.1) is 23.9 Å². The van der Waals surface area contributed by atoms with Gasteiger partial charge < -0.3 is 8.37 Å². The van der Waals surface area contributed by atoms with E-state index in [2.05, 4.69) is 21.1 Å². The van der Waals surface area contributed by atoms with Crippen LogP contribution >= 0.6 is 11.8 Å². The van der Waals surface area contributed by atoms with Crippen LogP contribution in [0, 0.1) is 0 Å². The molecule has 0 aliphatic rings. The first-order valence-electron chi connectivity index (χ1n) is 11.5. The fraction of sp³-hybridized carbons (Fsp3) is 0.333. The lowest BCUT2D eigenvalue weighted by Crippen LogP contribution is -2.20. The highest BCUT2D eigenvalue weighted by atomic mass is 32.2. The minimum atomic E-state index is -3.61. The fourth-order valence-electron chi connectivity index (χ4n) is 2.82. The van der Waals surface area contributed by atoms with Crippen LogP contribution in [0.2, 0.25) is 0 Å². The van der Waals surface area contributed by atoms with Crippen molar-refractivity contribution < 1.29 is 34.8 Å². The van der Waals surface area contributed by atoms with Crippen molar-refractivity contribution in [2.24, 2.45) is 10.2 Å². The minimum absolute atomic E-state index is 0.180. The Hall–Kier alpha value is -3.43. The molecule has 2 aromatic rings. The quantitative estimate of drug-likeness (QED) is 0.143. The average molecular weight is 599 g/mol. The van der Waals surface area contributed by atoms with Crippen molar-refractivity contribution in [1.82, 2.24) is 10.9 Å². The van der Waals surface area contributed by atoms with Gasteiger partial charge >= 0.3 is 20.2 Å². The third-order valence-electron chi connectivity index (χ3n) is 4.68. The zero-order chi connectivity index (χ0) is 29.1. The molecule has 0 aliphatic heterocycles. The summed E-state index contributed by atoms with van der Waals surface area (Å²) in [6.07, 6.45) is 2.33. The van der Waals surface area contributed by atoms with E-state index in [-0.39, 0.29) is 36.2 Å². The number of nitrogens with one attached hydrogen (secondary N) is 2. The van der Waals surface area contributed by atoms with Crippen LogP contribution in [0.1, 0.15) is 37.8 Å². The molecule has 15 heteroatoms. The summed E-state index contributed by atoms with van der Waals surface area (Å²) < 4.78 is 54.2. The molecule has 0 bridgehead atoms. The van der Waals surface area contributed by atoms with Crippen LogP contribution in [-0.2, 0) is 29.8 Å². The SMILES string of the molecule is CC(=NNC(=O)CCSCCC(=O)NN=C(C)c1ccc(OS(C)(=O)=O)cc1)c1ccc(OS(C)(=O)=O)cc1. The van der Waals surface area contributed by atoms with Crippen LogP contribution < -0.4 is 19.2 Å². The summed E-state index contributed by atoms with van der Waals surface area (Å²) in [5.41, 5.74) is 7.38. The van der Waals surface area contributed by atoms with E-state index in [4.69, 9.17) is 8.37 Å². The van der Waals surface area contributed by atoms with Gasteiger partial charge in [-0.25, -0.2) is 10.9 Å². The Labute approximate surface area is 232 Å². The van der Waals surface area contributed by atoms with Crippen LogP contribution in [0.25, 0.3) is 0 Å². The highest BCUT2D eigenvalue weighted by Gasteiger charge is 2.08. The Morgan fingerprint density at radius 2 is 1.03 bits per heavy atom. The molecule has 0 unspecified atom stereocenters. The first-order chi connectivity index (χ1) is 18.2.